The molecule has 0 spiro atoms. The molecule has 2 N–H and O–H groups in total. The van der Waals surface area contributed by atoms with Crippen LogP contribution in [0.3, 0.4) is 0 Å². The van der Waals surface area contributed by atoms with E-state index in [-0.39, 0.29) is 12.5 Å². The van der Waals surface area contributed by atoms with E-state index in [2.05, 4.69) is 48.1 Å². The zero-order valence-corrected chi connectivity index (χ0v) is 16.5. The van der Waals surface area contributed by atoms with Crippen LogP contribution in [-0.4, -0.2) is 47.1 Å². The number of hydrogen-bond acceptors (Lipinski definition) is 5. The van der Waals surface area contributed by atoms with Crippen molar-refractivity contribution in [2.75, 3.05) is 31.6 Å². The van der Waals surface area contributed by atoms with Crippen LogP contribution < -0.4 is 5.32 Å². The molecule has 2 heterocycles. The normalized spacial score (nSPS) is 16.0. The van der Waals surface area contributed by atoms with Crippen LogP contribution in [0.1, 0.15) is 29.5 Å². The average molecular weight is 374 g/mol. The minimum Gasteiger partial charge on any atom is -0.396 e. The quantitative estimate of drug-likeness (QED) is 0.843. The molecule has 0 aliphatic carbocycles. The number of nitrogens with zero attached hydrogens (tertiary/aromatic N) is 2. The molecule has 0 bridgehead atoms. The summed E-state index contributed by atoms with van der Waals surface area (Å²) in [5.41, 5.74) is 5.75. The van der Waals surface area contributed by atoms with Crippen LogP contribution in [0, 0.1) is 26.7 Å². The van der Waals surface area contributed by atoms with Gasteiger partial charge in [0.1, 0.15) is 0 Å². The number of carbonyl (C=O) groups is 1. The lowest BCUT2D eigenvalue weighted by Gasteiger charge is -2.30. The van der Waals surface area contributed by atoms with Gasteiger partial charge in [0.05, 0.1) is 12.2 Å². The summed E-state index contributed by atoms with van der Waals surface area (Å²) in [6, 6.07) is 4.34. The van der Waals surface area contributed by atoms with Gasteiger partial charge in [0, 0.05) is 17.6 Å². The van der Waals surface area contributed by atoms with Gasteiger partial charge in [0.25, 0.3) is 0 Å². The molecule has 1 aromatic carbocycles. The Kier molecular flexibility index (Phi) is 6.06. The van der Waals surface area contributed by atoms with Gasteiger partial charge in [-0.15, -0.1) is 11.3 Å². The molecule has 1 fully saturated rings. The van der Waals surface area contributed by atoms with Gasteiger partial charge in [-0.25, -0.2) is 4.98 Å². The third-order valence-corrected chi connectivity index (χ3v) is 5.96. The highest BCUT2D eigenvalue weighted by molar-refractivity contribution is 7.14. The summed E-state index contributed by atoms with van der Waals surface area (Å²) in [5.74, 6) is 0.363. The fourth-order valence-corrected chi connectivity index (χ4v) is 4.11. The zero-order chi connectivity index (χ0) is 18.7. The number of aliphatic hydroxyl groups is 1. The van der Waals surface area contributed by atoms with Crippen molar-refractivity contribution >= 4 is 22.4 Å². The van der Waals surface area contributed by atoms with E-state index in [1.165, 1.54) is 28.0 Å². The van der Waals surface area contributed by atoms with Gasteiger partial charge in [-0.3, -0.25) is 9.69 Å². The molecule has 1 aromatic heterocycles. The molecular formula is C20H27N3O2S. The van der Waals surface area contributed by atoms with Gasteiger partial charge in [0.2, 0.25) is 5.91 Å². The second-order valence-corrected chi connectivity index (χ2v) is 8.10. The van der Waals surface area contributed by atoms with Gasteiger partial charge < -0.3 is 10.4 Å². The lowest BCUT2D eigenvalue weighted by atomic mass is 9.98. The SMILES string of the molecule is Cc1cc(C)c(-c2csc(NC(=O)CN3CCC(CO)CC3)n2)cc1C. The van der Waals surface area contributed by atoms with Crippen molar-refractivity contribution in [3.63, 3.8) is 0 Å². The first kappa shape index (κ1) is 19.0. The second kappa shape index (κ2) is 8.29. The van der Waals surface area contributed by atoms with Crippen molar-refractivity contribution in [2.24, 2.45) is 5.92 Å². The average Bonchev–Trinajstić information content (AvgIpc) is 3.06. The summed E-state index contributed by atoms with van der Waals surface area (Å²) in [6.45, 7) is 8.67. The summed E-state index contributed by atoms with van der Waals surface area (Å²) >= 11 is 1.46. The molecule has 2 aromatic rings. The number of likely N-dealkylation sites (tertiary alicyclic amines) is 1. The van der Waals surface area contributed by atoms with Crippen LogP contribution in [-0.2, 0) is 4.79 Å². The Labute approximate surface area is 159 Å². The molecule has 26 heavy (non-hydrogen) atoms. The molecule has 0 atom stereocenters. The van der Waals surface area contributed by atoms with E-state index in [0.29, 0.717) is 17.6 Å². The fraction of sp³-hybridized carbons (Fsp3) is 0.500. The number of aryl methyl sites for hydroxylation is 3. The Balaban J connectivity index is 1.60. The van der Waals surface area contributed by atoms with Crippen molar-refractivity contribution in [3.05, 3.63) is 34.2 Å². The minimum atomic E-state index is -0.0230. The number of rotatable bonds is 5. The van der Waals surface area contributed by atoms with Crippen molar-refractivity contribution < 1.29 is 9.90 Å². The topological polar surface area (TPSA) is 65.5 Å². The van der Waals surface area contributed by atoms with Gasteiger partial charge in [-0.05, 0) is 75.4 Å². The Morgan fingerprint density at radius 2 is 1.92 bits per heavy atom. The monoisotopic (exact) mass is 373 g/mol. The maximum Gasteiger partial charge on any atom is 0.240 e. The molecule has 1 aliphatic heterocycles. The fourth-order valence-electron chi connectivity index (χ4n) is 3.38. The molecule has 140 valence electrons. The maximum atomic E-state index is 12.3. The Morgan fingerprint density at radius 1 is 1.23 bits per heavy atom. The Hall–Kier alpha value is -1.76. The number of nitrogens with one attached hydrogen (secondary N) is 1. The molecule has 0 saturated carbocycles. The smallest absolute Gasteiger partial charge is 0.240 e. The summed E-state index contributed by atoms with van der Waals surface area (Å²) in [5, 5.41) is 14.8. The standard InChI is InChI=1S/C20H27N3O2S/c1-13-8-15(3)17(9-14(13)2)18-12-26-20(21-18)22-19(25)10-23-6-4-16(11-24)5-7-23/h8-9,12,16,24H,4-7,10-11H2,1-3H3,(H,21,22,25). The predicted octanol–water partition coefficient (Wildman–Crippen LogP) is 3.38. The number of thiazole rings is 1. The number of hydrogen-bond donors (Lipinski definition) is 2. The molecule has 1 saturated heterocycles. The molecule has 0 unspecified atom stereocenters. The number of amides is 1. The molecule has 1 amide bonds. The van der Waals surface area contributed by atoms with E-state index in [0.717, 1.165) is 37.2 Å². The third-order valence-electron chi connectivity index (χ3n) is 5.20. The third kappa shape index (κ3) is 4.50. The number of carbonyl (C=O) groups excluding carboxylic acids is 1. The number of piperidine rings is 1. The van der Waals surface area contributed by atoms with E-state index in [1.807, 2.05) is 5.38 Å². The predicted molar refractivity (Wildman–Crippen MR) is 107 cm³/mol. The van der Waals surface area contributed by atoms with Crippen LogP contribution in [0.25, 0.3) is 11.3 Å². The van der Waals surface area contributed by atoms with Crippen LogP contribution in [0.15, 0.2) is 17.5 Å². The van der Waals surface area contributed by atoms with Crippen LogP contribution >= 0.6 is 11.3 Å². The van der Waals surface area contributed by atoms with Gasteiger partial charge >= 0.3 is 0 Å². The van der Waals surface area contributed by atoms with E-state index >= 15 is 0 Å². The molecule has 5 nitrogen and oxygen atoms in total. The number of aliphatic hydroxyl groups excluding tert-OH is 1. The summed E-state index contributed by atoms with van der Waals surface area (Å²) in [6.07, 6.45) is 1.91. The first-order chi connectivity index (χ1) is 12.5. The van der Waals surface area contributed by atoms with Crippen molar-refractivity contribution in [1.82, 2.24) is 9.88 Å². The van der Waals surface area contributed by atoms with Crippen LogP contribution in [0.2, 0.25) is 0 Å². The van der Waals surface area contributed by atoms with Gasteiger partial charge in [-0.2, -0.15) is 0 Å². The second-order valence-electron chi connectivity index (χ2n) is 7.24. The van der Waals surface area contributed by atoms with Crippen molar-refractivity contribution in [1.29, 1.82) is 0 Å². The number of anilines is 1. The minimum absolute atomic E-state index is 0.0230. The largest absolute Gasteiger partial charge is 0.396 e. The molecule has 3 rings (SSSR count). The van der Waals surface area contributed by atoms with Crippen molar-refractivity contribution in [2.45, 2.75) is 33.6 Å². The zero-order valence-electron chi connectivity index (χ0n) is 15.7. The van der Waals surface area contributed by atoms with Crippen LogP contribution in [0.5, 0.6) is 0 Å². The summed E-state index contributed by atoms with van der Waals surface area (Å²) in [4.78, 5) is 19.1. The Bertz CT molecular complexity index is 779. The van der Waals surface area contributed by atoms with Crippen molar-refractivity contribution in [3.8, 4) is 11.3 Å². The van der Waals surface area contributed by atoms with Crippen LogP contribution in [0.4, 0.5) is 5.13 Å². The lowest BCUT2D eigenvalue weighted by molar-refractivity contribution is -0.117. The highest BCUT2D eigenvalue weighted by atomic mass is 32.1. The molecule has 6 heteroatoms. The van der Waals surface area contributed by atoms with E-state index in [4.69, 9.17) is 0 Å². The van der Waals surface area contributed by atoms with E-state index in [9.17, 15) is 9.90 Å². The number of benzene rings is 1. The first-order valence-electron chi connectivity index (χ1n) is 9.13. The first-order valence-corrected chi connectivity index (χ1v) is 10.0. The van der Waals surface area contributed by atoms with E-state index in [1.54, 1.807) is 0 Å². The maximum absolute atomic E-state index is 12.3. The number of aromatic nitrogens is 1. The summed E-state index contributed by atoms with van der Waals surface area (Å²) in [7, 11) is 0. The highest BCUT2D eigenvalue weighted by Crippen LogP contribution is 2.29. The van der Waals surface area contributed by atoms with E-state index < -0.39 is 0 Å². The lowest BCUT2D eigenvalue weighted by Crippen LogP contribution is -2.39. The summed E-state index contributed by atoms with van der Waals surface area (Å²) < 4.78 is 0. The molecule has 1 aliphatic rings. The molecular weight excluding hydrogens is 346 g/mol. The molecule has 0 radical (unpaired) electrons. The highest BCUT2D eigenvalue weighted by Gasteiger charge is 2.20. The van der Waals surface area contributed by atoms with Gasteiger partial charge in [0.15, 0.2) is 5.13 Å². The van der Waals surface area contributed by atoms with Gasteiger partial charge in [-0.1, -0.05) is 6.07 Å². The Morgan fingerprint density at radius 3 is 2.62 bits per heavy atom.